The molecule has 0 bridgehead atoms. The van der Waals surface area contributed by atoms with E-state index in [1.807, 2.05) is 9.80 Å². The van der Waals surface area contributed by atoms with Gasteiger partial charge in [-0.1, -0.05) is 53.4 Å². The molecule has 26 heavy (non-hydrogen) atoms. The van der Waals surface area contributed by atoms with Gasteiger partial charge in [0.1, 0.15) is 8.96 Å². The molecular weight excluding hydrogens is 460 g/mol. The van der Waals surface area contributed by atoms with Gasteiger partial charge < -0.3 is 9.80 Å². The lowest BCUT2D eigenvalue weighted by Crippen LogP contribution is -2.36. The van der Waals surface area contributed by atoms with Crippen LogP contribution in [0.4, 0.5) is 0 Å². The molecule has 0 saturated carbocycles. The molecule has 0 unspecified atom stereocenters. The second-order valence-corrected chi connectivity index (χ2v) is 8.21. The van der Waals surface area contributed by atoms with E-state index in [0.29, 0.717) is 8.96 Å². The zero-order valence-electron chi connectivity index (χ0n) is 17.0. The number of carbonyl (C=O) groups excluding carboxylic acids is 2. The molecule has 0 aliphatic carbocycles. The quantitative estimate of drug-likeness (QED) is 0.284. The van der Waals surface area contributed by atoms with Gasteiger partial charge in [0.15, 0.2) is 0 Å². The lowest BCUT2D eigenvalue weighted by Gasteiger charge is -2.25. The second kappa shape index (κ2) is 15.7. The van der Waals surface area contributed by atoms with Gasteiger partial charge in [0.2, 0.25) is 0 Å². The van der Waals surface area contributed by atoms with Crippen LogP contribution in [0.1, 0.15) is 79.1 Å². The van der Waals surface area contributed by atoms with Gasteiger partial charge in [0, 0.05) is 26.2 Å². The van der Waals surface area contributed by atoms with Gasteiger partial charge in [-0.2, -0.15) is 0 Å². The molecule has 6 heteroatoms. The van der Waals surface area contributed by atoms with E-state index in [-0.39, 0.29) is 11.8 Å². The number of rotatable bonds is 14. The maximum atomic E-state index is 12.9. The predicted octanol–water partition coefficient (Wildman–Crippen LogP) is 5.85. The molecule has 0 rings (SSSR count). The molecular formula is C20H36Br2N2O2. The number of carbonyl (C=O) groups is 2. The van der Waals surface area contributed by atoms with E-state index in [1.165, 1.54) is 0 Å². The van der Waals surface area contributed by atoms with Crippen LogP contribution in [-0.4, -0.2) is 47.8 Å². The summed E-state index contributed by atoms with van der Waals surface area (Å²) < 4.78 is 0.681. The molecule has 152 valence electrons. The van der Waals surface area contributed by atoms with Gasteiger partial charge in [-0.25, -0.2) is 0 Å². The maximum absolute atomic E-state index is 12.9. The highest BCUT2D eigenvalue weighted by Crippen LogP contribution is 2.24. The monoisotopic (exact) mass is 494 g/mol. The highest BCUT2D eigenvalue weighted by molar-refractivity contribution is 9.14. The fourth-order valence-corrected chi connectivity index (χ4v) is 3.33. The summed E-state index contributed by atoms with van der Waals surface area (Å²) in [4.78, 5) is 29.5. The van der Waals surface area contributed by atoms with Crippen molar-refractivity contribution >= 4 is 43.7 Å². The van der Waals surface area contributed by atoms with E-state index in [1.54, 1.807) is 0 Å². The average Bonchev–Trinajstić information content (AvgIpc) is 2.66. The molecule has 0 N–H and O–H groups in total. The van der Waals surface area contributed by atoms with Gasteiger partial charge >= 0.3 is 0 Å². The van der Waals surface area contributed by atoms with Gasteiger partial charge in [0.05, 0.1) is 0 Å². The Morgan fingerprint density at radius 1 is 0.577 bits per heavy atom. The van der Waals surface area contributed by atoms with Crippen molar-refractivity contribution in [2.24, 2.45) is 0 Å². The number of hydrogen-bond donors (Lipinski definition) is 0. The molecule has 0 atom stereocenters. The lowest BCUT2D eigenvalue weighted by atomic mass is 10.2. The van der Waals surface area contributed by atoms with Crippen LogP contribution in [0.2, 0.25) is 0 Å². The molecule has 0 aliphatic heterocycles. The number of hydrogen-bond acceptors (Lipinski definition) is 2. The van der Waals surface area contributed by atoms with Crippen LogP contribution in [0.3, 0.4) is 0 Å². The van der Waals surface area contributed by atoms with E-state index in [4.69, 9.17) is 0 Å². The van der Waals surface area contributed by atoms with Crippen molar-refractivity contribution in [1.29, 1.82) is 0 Å². The van der Waals surface area contributed by atoms with E-state index < -0.39 is 0 Å². The van der Waals surface area contributed by atoms with E-state index in [0.717, 1.165) is 77.5 Å². The van der Waals surface area contributed by atoms with Crippen molar-refractivity contribution in [2.45, 2.75) is 79.1 Å². The highest BCUT2D eigenvalue weighted by atomic mass is 79.9. The first-order chi connectivity index (χ1) is 12.4. The topological polar surface area (TPSA) is 40.6 Å². The fourth-order valence-electron chi connectivity index (χ4n) is 2.49. The zero-order chi connectivity index (χ0) is 19.9. The SMILES string of the molecule is CCCCN(CCCC)C(=O)/C(Br)=C(\Br)C(=O)N(CCCC)CCCC. The lowest BCUT2D eigenvalue weighted by molar-refractivity contribution is -0.129. The Bertz CT molecular complexity index is 397. The molecule has 0 aromatic carbocycles. The molecule has 0 fully saturated rings. The number of halogens is 2. The first-order valence-corrected chi connectivity index (χ1v) is 11.7. The maximum Gasteiger partial charge on any atom is 0.262 e. The van der Waals surface area contributed by atoms with Crippen LogP contribution in [0, 0.1) is 0 Å². The largest absolute Gasteiger partial charge is 0.338 e. The van der Waals surface area contributed by atoms with Crippen LogP contribution >= 0.6 is 31.9 Å². The zero-order valence-corrected chi connectivity index (χ0v) is 20.1. The van der Waals surface area contributed by atoms with Gasteiger partial charge in [0.25, 0.3) is 11.8 Å². The van der Waals surface area contributed by atoms with Crippen LogP contribution in [0.15, 0.2) is 8.96 Å². The molecule has 0 aromatic heterocycles. The van der Waals surface area contributed by atoms with E-state index >= 15 is 0 Å². The van der Waals surface area contributed by atoms with Crippen molar-refractivity contribution in [3.05, 3.63) is 8.96 Å². The van der Waals surface area contributed by atoms with Crippen molar-refractivity contribution < 1.29 is 9.59 Å². The normalized spacial score (nSPS) is 11.9. The minimum Gasteiger partial charge on any atom is -0.338 e. The summed E-state index contributed by atoms with van der Waals surface area (Å²) in [7, 11) is 0. The third-order valence-corrected chi connectivity index (χ3v) is 6.27. The summed E-state index contributed by atoms with van der Waals surface area (Å²) in [5, 5.41) is 0. The third kappa shape index (κ3) is 9.54. The van der Waals surface area contributed by atoms with Crippen molar-refractivity contribution in [3.63, 3.8) is 0 Å². The molecule has 0 radical (unpaired) electrons. The molecule has 0 heterocycles. The molecule has 0 spiro atoms. The summed E-state index contributed by atoms with van der Waals surface area (Å²) in [5.74, 6) is -0.198. The Hall–Kier alpha value is -0.360. The Kier molecular flexibility index (Phi) is 15.5. The minimum atomic E-state index is -0.0990. The predicted molar refractivity (Wildman–Crippen MR) is 118 cm³/mol. The standard InChI is InChI=1S/C20H36Br2N2O2/c1-5-9-13-23(14-10-6-2)19(25)17(21)18(22)20(26)24(15-11-7-3)16-12-8-4/h5-16H2,1-4H3/b18-17+. The van der Waals surface area contributed by atoms with Crippen molar-refractivity contribution in [2.75, 3.05) is 26.2 Å². The third-order valence-electron chi connectivity index (χ3n) is 4.27. The van der Waals surface area contributed by atoms with Crippen LogP contribution in [-0.2, 0) is 9.59 Å². The van der Waals surface area contributed by atoms with Crippen LogP contribution in [0.5, 0.6) is 0 Å². The molecule has 4 nitrogen and oxygen atoms in total. The minimum absolute atomic E-state index is 0.0990. The number of amides is 2. The molecule has 2 amide bonds. The van der Waals surface area contributed by atoms with Crippen molar-refractivity contribution in [3.8, 4) is 0 Å². The Morgan fingerprint density at radius 2 is 0.808 bits per heavy atom. The van der Waals surface area contributed by atoms with E-state index in [9.17, 15) is 9.59 Å². The number of unbranched alkanes of at least 4 members (excludes halogenated alkanes) is 4. The molecule has 0 aliphatic rings. The second-order valence-electron chi connectivity index (χ2n) is 6.63. The van der Waals surface area contributed by atoms with Gasteiger partial charge in [-0.15, -0.1) is 0 Å². The van der Waals surface area contributed by atoms with Crippen molar-refractivity contribution in [1.82, 2.24) is 9.80 Å². The average molecular weight is 496 g/mol. The Labute approximate surface area is 177 Å². The summed E-state index contributed by atoms with van der Waals surface area (Å²) >= 11 is 6.78. The van der Waals surface area contributed by atoms with Gasteiger partial charge in [-0.3, -0.25) is 9.59 Å². The first kappa shape index (κ1) is 25.6. The van der Waals surface area contributed by atoms with Crippen LogP contribution < -0.4 is 0 Å². The summed E-state index contributed by atoms with van der Waals surface area (Å²) in [6.45, 7) is 11.4. The first-order valence-electron chi connectivity index (χ1n) is 10.1. The number of nitrogens with zero attached hydrogens (tertiary/aromatic N) is 2. The van der Waals surface area contributed by atoms with E-state index in [2.05, 4.69) is 59.6 Å². The van der Waals surface area contributed by atoms with Gasteiger partial charge in [-0.05, 0) is 57.5 Å². The fraction of sp³-hybridized carbons (Fsp3) is 0.800. The highest BCUT2D eigenvalue weighted by Gasteiger charge is 2.24. The smallest absolute Gasteiger partial charge is 0.262 e. The Morgan fingerprint density at radius 3 is 1.00 bits per heavy atom. The Balaban J connectivity index is 5.27. The van der Waals surface area contributed by atoms with Crippen LogP contribution in [0.25, 0.3) is 0 Å². The molecule has 0 aromatic rings. The summed E-state index contributed by atoms with van der Waals surface area (Å²) in [6.07, 6.45) is 8.05. The summed E-state index contributed by atoms with van der Waals surface area (Å²) in [5.41, 5.74) is 0. The molecule has 0 saturated heterocycles. The summed E-state index contributed by atoms with van der Waals surface area (Å²) in [6, 6.07) is 0.